The molecule has 2 atom stereocenters. The van der Waals surface area contributed by atoms with Crippen LogP contribution in [0.25, 0.3) is 28.1 Å². The van der Waals surface area contributed by atoms with Gasteiger partial charge in [0.25, 0.3) is 0 Å². The zero-order valence-corrected chi connectivity index (χ0v) is 22.3. The molecule has 12 nitrogen and oxygen atoms in total. The summed E-state index contributed by atoms with van der Waals surface area (Å²) in [6.45, 7) is 6.30. The van der Waals surface area contributed by atoms with Gasteiger partial charge in [-0.3, -0.25) is 9.88 Å². The molecule has 5 aromatic heterocycles. The molecule has 5 aromatic rings. The number of aliphatic hydroxyl groups excluding tert-OH is 1. The quantitative estimate of drug-likeness (QED) is 0.319. The van der Waals surface area contributed by atoms with Crippen LogP contribution in [0.5, 0.6) is 0 Å². The van der Waals surface area contributed by atoms with E-state index in [1.54, 1.807) is 40.2 Å². The van der Waals surface area contributed by atoms with Crippen molar-refractivity contribution in [2.75, 3.05) is 18.4 Å². The Kier molecular flexibility index (Phi) is 6.90. The van der Waals surface area contributed by atoms with Gasteiger partial charge >= 0.3 is 0 Å². The van der Waals surface area contributed by atoms with Crippen molar-refractivity contribution in [2.45, 2.75) is 45.0 Å². The van der Waals surface area contributed by atoms with Crippen molar-refractivity contribution in [1.82, 2.24) is 44.6 Å². The molecular formula is C28H29N11O. The summed E-state index contributed by atoms with van der Waals surface area (Å²) in [7, 11) is 0. The monoisotopic (exact) mass is 535 g/mol. The molecule has 6 heterocycles. The summed E-state index contributed by atoms with van der Waals surface area (Å²) in [6.07, 6.45) is 10.6. The SMILES string of the molecule is CC(C)Nc1cc(-n2ncc3cc(C#N)cnc32)ncc1-c1cn([C@H]2CCN(Cc3ccncc3)C[C@H]2O)nn1. The van der Waals surface area contributed by atoms with Crippen LogP contribution in [0.4, 0.5) is 5.69 Å². The molecular weight excluding hydrogens is 506 g/mol. The number of piperidine rings is 1. The second-order valence-electron chi connectivity index (χ2n) is 10.3. The lowest BCUT2D eigenvalue weighted by Crippen LogP contribution is -2.44. The predicted octanol–water partition coefficient (Wildman–Crippen LogP) is 2.97. The number of hydrogen-bond donors (Lipinski definition) is 2. The van der Waals surface area contributed by atoms with Gasteiger partial charge < -0.3 is 10.4 Å². The third-order valence-corrected chi connectivity index (χ3v) is 7.00. The number of hydrogen-bond acceptors (Lipinski definition) is 10. The number of aliphatic hydroxyl groups is 1. The molecule has 1 aliphatic heterocycles. The standard InChI is InChI=1S/C28H29N11O/c1-18(2)34-23-10-27(39-28-21(13-33-39)9-20(11-29)12-32-28)31-14-22(23)24-16-38(36-35-24)25-5-8-37(17-26(25)40)15-19-3-6-30-7-4-19/h3-4,6-7,9-10,12-14,16,18,25-26,40H,5,8,15,17H2,1-2H3,(H,31,34)/t25-,26+/m0/s1. The first-order valence-corrected chi connectivity index (χ1v) is 13.2. The summed E-state index contributed by atoms with van der Waals surface area (Å²) in [5.74, 6) is 0.587. The van der Waals surface area contributed by atoms with Crippen molar-refractivity contribution >= 4 is 16.7 Å². The van der Waals surface area contributed by atoms with E-state index in [0.717, 1.165) is 36.1 Å². The van der Waals surface area contributed by atoms with Crippen LogP contribution in [0.3, 0.4) is 0 Å². The molecule has 6 rings (SSSR count). The van der Waals surface area contributed by atoms with Gasteiger partial charge in [-0.25, -0.2) is 14.6 Å². The number of anilines is 1. The molecule has 40 heavy (non-hydrogen) atoms. The van der Waals surface area contributed by atoms with E-state index in [1.807, 2.05) is 24.4 Å². The number of pyridine rings is 3. The van der Waals surface area contributed by atoms with Crippen molar-refractivity contribution < 1.29 is 5.11 Å². The Morgan fingerprint density at radius 3 is 2.77 bits per heavy atom. The van der Waals surface area contributed by atoms with Gasteiger partial charge in [0.15, 0.2) is 11.5 Å². The number of nitrogens with one attached hydrogen (secondary N) is 1. The normalized spacial score (nSPS) is 17.8. The van der Waals surface area contributed by atoms with Crippen molar-refractivity contribution in [3.05, 3.63) is 72.6 Å². The molecule has 0 amide bonds. The minimum atomic E-state index is -0.568. The Hall–Kier alpha value is -4.73. The highest BCUT2D eigenvalue weighted by molar-refractivity contribution is 5.79. The fraction of sp³-hybridized carbons (Fsp3) is 0.321. The molecule has 2 N–H and O–H groups in total. The van der Waals surface area contributed by atoms with E-state index in [1.165, 1.54) is 11.8 Å². The molecule has 0 spiro atoms. The fourth-order valence-corrected chi connectivity index (χ4v) is 5.09. The van der Waals surface area contributed by atoms with E-state index in [0.29, 0.717) is 29.3 Å². The lowest BCUT2D eigenvalue weighted by atomic mass is 10.0. The summed E-state index contributed by atoms with van der Waals surface area (Å²) >= 11 is 0. The highest BCUT2D eigenvalue weighted by atomic mass is 16.3. The third kappa shape index (κ3) is 5.12. The average Bonchev–Trinajstić information content (AvgIpc) is 3.61. The van der Waals surface area contributed by atoms with Crippen LogP contribution in [-0.4, -0.2) is 75.0 Å². The van der Waals surface area contributed by atoms with Gasteiger partial charge in [-0.05, 0) is 44.0 Å². The number of fused-ring (bicyclic) bond motifs is 1. The molecule has 1 aliphatic rings. The fourth-order valence-electron chi connectivity index (χ4n) is 5.09. The molecule has 1 fully saturated rings. The largest absolute Gasteiger partial charge is 0.390 e. The molecule has 0 bridgehead atoms. The topological polar surface area (TPSA) is 146 Å². The van der Waals surface area contributed by atoms with E-state index in [9.17, 15) is 10.4 Å². The van der Waals surface area contributed by atoms with Gasteiger partial charge in [0.2, 0.25) is 0 Å². The number of β-amino-alcohol motifs (C(OH)–C–C–N with tert-alkyl or cyclic N) is 1. The maximum Gasteiger partial charge on any atom is 0.164 e. The van der Waals surface area contributed by atoms with Crippen LogP contribution in [0.1, 0.15) is 37.4 Å². The second kappa shape index (κ2) is 10.8. The smallest absolute Gasteiger partial charge is 0.164 e. The Morgan fingerprint density at radius 1 is 1.15 bits per heavy atom. The van der Waals surface area contributed by atoms with Crippen LogP contribution in [0, 0.1) is 11.3 Å². The minimum absolute atomic E-state index is 0.154. The molecule has 12 heteroatoms. The first-order valence-electron chi connectivity index (χ1n) is 13.2. The van der Waals surface area contributed by atoms with Gasteiger partial charge in [-0.1, -0.05) is 5.21 Å². The lowest BCUT2D eigenvalue weighted by Gasteiger charge is -2.35. The van der Waals surface area contributed by atoms with Crippen molar-refractivity contribution in [3.8, 4) is 23.1 Å². The zero-order valence-electron chi connectivity index (χ0n) is 22.3. The zero-order chi connectivity index (χ0) is 27.6. The Bertz CT molecular complexity index is 1670. The summed E-state index contributed by atoms with van der Waals surface area (Å²) in [4.78, 5) is 15.4. The first kappa shape index (κ1) is 25.5. The average molecular weight is 536 g/mol. The number of nitriles is 1. The van der Waals surface area contributed by atoms with Crippen LogP contribution in [0.15, 0.2) is 61.4 Å². The maximum absolute atomic E-state index is 11.0. The minimum Gasteiger partial charge on any atom is -0.390 e. The first-order chi connectivity index (χ1) is 19.5. The third-order valence-electron chi connectivity index (χ3n) is 7.00. The van der Waals surface area contributed by atoms with Crippen LogP contribution >= 0.6 is 0 Å². The van der Waals surface area contributed by atoms with Gasteiger partial charge in [-0.2, -0.15) is 15.0 Å². The van der Waals surface area contributed by atoms with Gasteiger partial charge in [-0.15, -0.1) is 5.10 Å². The number of aromatic nitrogens is 8. The highest BCUT2D eigenvalue weighted by Gasteiger charge is 2.30. The molecule has 202 valence electrons. The highest BCUT2D eigenvalue weighted by Crippen LogP contribution is 2.31. The van der Waals surface area contributed by atoms with Gasteiger partial charge in [0, 0.05) is 73.2 Å². The Morgan fingerprint density at radius 2 is 2.00 bits per heavy atom. The summed E-state index contributed by atoms with van der Waals surface area (Å²) in [5.41, 5.74) is 4.56. The van der Waals surface area contributed by atoms with E-state index >= 15 is 0 Å². The lowest BCUT2D eigenvalue weighted by molar-refractivity contribution is 0.0189. The van der Waals surface area contributed by atoms with E-state index in [2.05, 4.69) is 60.5 Å². The second-order valence-corrected chi connectivity index (χ2v) is 10.3. The van der Waals surface area contributed by atoms with Crippen molar-refractivity contribution in [1.29, 1.82) is 5.26 Å². The van der Waals surface area contributed by atoms with Crippen molar-refractivity contribution in [2.24, 2.45) is 0 Å². The molecule has 0 radical (unpaired) electrons. The van der Waals surface area contributed by atoms with Crippen LogP contribution in [-0.2, 0) is 6.54 Å². The van der Waals surface area contributed by atoms with Gasteiger partial charge in [0.1, 0.15) is 11.8 Å². The summed E-state index contributed by atoms with van der Waals surface area (Å²) in [5, 5.41) is 37.7. The number of nitrogens with zero attached hydrogens (tertiary/aromatic N) is 10. The summed E-state index contributed by atoms with van der Waals surface area (Å²) in [6, 6.07) is 9.76. The van der Waals surface area contributed by atoms with Crippen LogP contribution in [0.2, 0.25) is 0 Å². The number of likely N-dealkylation sites (tertiary alicyclic amines) is 1. The van der Waals surface area contributed by atoms with E-state index < -0.39 is 6.10 Å². The predicted molar refractivity (Wildman–Crippen MR) is 148 cm³/mol. The van der Waals surface area contributed by atoms with Crippen LogP contribution < -0.4 is 5.32 Å². The molecule has 0 aromatic carbocycles. The molecule has 0 aliphatic carbocycles. The van der Waals surface area contributed by atoms with Crippen molar-refractivity contribution in [3.63, 3.8) is 0 Å². The van der Waals surface area contributed by atoms with E-state index in [4.69, 9.17) is 0 Å². The molecule has 1 saturated heterocycles. The van der Waals surface area contributed by atoms with Gasteiger partial charge in [0.05, 0.1) is 30.1 Å². The summed E-state index contributed by atoms with van der Waals surface area (Å²) < 4.78 is 3.42. The Balaban J connectivity index is 1.24. The maximum atomic E-state index is 11.0. The molecule has 0 unspecified atom stereocenters. The molecule has 0 saturated carbocycles. The number of rotatable bonds is 7. The Labute approximate surface area is 230 Å². The van der Waals surface area contributed by atoms with E-state index in [-0.39, 0.29) is 12.1 Å².